The fourth-order valence-corrected chi connectivity index (χ4v) is 3.37. The van der Waals surface area contributed by atoms with E-state index in [9.17, 15) is 4.79 Å². The van der Waals surface area contributed by atoms with Crippen LogP contribution in [-0.4, -0.2) is 37.7 Å². The third-order valence-electron chi connectivity index (χ3n) is 4.64. The summed E-state index contributed by atoms with van der Waals surface area (Å²) in [6, 6.07) is 5.45. The molecule has 0 saturated carbocycles. The van der Waals surface area contributed by atoms with Gasteiger partial charge in [0.05, 0.1) is 11.8 Å². The lowest BCUT2D eigenvalue weighted by atomic mass is 10.00. The molecule has 1 aromatic carbocycles. The first-order chi connectivity index (χ1) is 12.7. The fourth-order valence-electron chi connectivity index (χ4n) is 3.37. The highest BCUT2D eigenvalue weighted by molar-refractivity contribution is 6.15. The van der Waals surface area contributed by atoms with Crippen molar-refractivity contribution in [3.05, 3.63) is 52.7 Å². The van der Waals surface area contributed by atoms with Crippen molar-refractivity contribution < 1.29 is 23.4 Å². The number of carbonyl (C=O) groups is 1. The molecule has 0 radical (unpaired) electrons. The summed E-state index contributed by atoms with van der Waals surface area (Å²) in [5.74, 6) is 2.14. The van der Waals surface area contributed by atoms with E-state index in [0.29, 0.717) is 23.8 Å². The number of furan rings is 1. The van der Waals surface area contributed by atoms with Gasteiger partial charge in [-0.1, -0.05) is 0 Å². The summed E-state index contributed by atoms with van der Waals surface area (Å²) in [6.45, 7) is 4.82. The predicted molar refractivity (Wildman–Crippen MR) is 95.2 cm³/mol. The largest absolute Gasteiger partial charge is 0.477 e. The van der Waals surface area contributed by atoms with Gasteiger partial charge in [-0.2, -0.15) is 0 Å². The van der Waals surface area contributed by atoms with Crippen molar-refractivity contribution in [2.24, 2.45) is 0 Å². The Morgan fingerprint density at radius 1 is 1.35 bits per heavy atom. The maximum atomic E-state index is 12.7. The van der Waals surface area contributed by atoms with Crippen molar-refractivity contribution in [3.8, 4) is 11.5 Å². The molecular weight excluding hydrogens is 334 g/mol. The van der Waals surface area contributed by atoms with Crippen LogP contribution in [0.15, 0.2) is 34.6 Å². The molecule has 0 saturated heterocycles. The average Bonchev–Trinajstić information content (AvgIpc) is 3.25. The summed E-state index contributed by atoms with van der Waals surface area (Å²) in [5, 5.41) is 0. The molecule has 6 nitrogen and oxygen atoms in total. The zero-order chi connectivity index (χ0) is 18.1. The molecule has 136 valence electrons. The number of carbonyl (C=O) groups excluding carboxylic acids is 1. The molecule has 1 aromatic heterocycles. The Hall–Kier alpha value is -2.57. The number of hydrogen-bond donors (Lipinski definition) is 0. The molecule has 0 fully saturated rings. The monoisotopic (exact) mass is 355 g/mol. The molecule has 0 aliphatic carbocycles. The Kier molecular flexibility index (Phi) is 4.53. The van der Waals surface area contributed by atoms with Crippen LogP contribution >= 0.6 is 0 Å². The van der Waals surface area contributed by atoms with Gasteiger partial charge in [-0.25, -0.2) is 0 Å². The molecule has 0 atom stereocenters. The van der Waals surface area contributed by atoms with Crippen molar-refractivity contribution in [2.75, 3.05) is 27.0 Å². The van der Waals surface area contributed by atoms with E-state index in [1.165, 1.54) is 0 Å². The van der Waals surface area contributed by atoms with Crippen LogP contribution in [0.3, 0.4) is 0 Å². The van der Waals surface area contributed by atoms with E-state index in [2.05, 4.69) is 4.90 Å². The molecule has 2 aliphatic rings. The Morgan fingerprint density at radius 2 is 2.23 bits per heavy atom. The van der Waals surface area contributed by atoms with Crippen LogP contribution in [-0.2, 0) is 11.3 Å². The standard InChI is InChI=1S/C20H21NO5/c1-13-19-14(11-21(12-25-19)6-4-7-23-2)9-16-18(22)17(26-20(13)16)10-15-5-3-8-24-15/h3,5,8-10H,4,6-7,11-12H2,1-2H3/b17-10-. The van der Waals surface area contributed by atoms with Gasteiger partial charge in [-0.05, 0) is 31.5 Å². The smallest absolute Gasteiger partial charge is 0.232 e. The number of methoxy groups -OCH3 is 1. The van der Waals surface area contributed by atoms with Crippen LogP contribution in [0.25, 0.3) is 6.08 Å². The molecule has 6 heteroatoms. The number of ketones is 1. The Morgan fingerprint density at radius 3 is 3.00 bits per heavy atom. The third-order valence-corrected chi connectivity index (χ3v) is 4.64. The SMILES string of the molecule is COCCCN1COc2c(cc3c(c2C)O/C(=C\c2ccco2)C3=O)C1. The predicted octanol–water partition coefficient (Wildman–Crippen LogP) is 3.39. The summed E-state index contributed by atoms with van der Waals surface area (Å²) in [5.41, 5.74) is 2.47. The van der Waals surface area contributed by atoms with E-state index in [0.717, 1.165) is 43.0 Å². The zero-order valence-corrected chi connectivity index (χ0v) is 14.9. The van der Waals surface area contributed by atoms with E-state index in [-0.39, 0.29) is 11.5 Å². The molecule has 2 aromatic rings. The van der Waals surface area contributed by atoms with Gasteiger partial charge in [0, 0.05) is 44.0 Å². The molecular formula is C20H21NO5. The van der Waals surface area contributed by atoms with E-state index in [1.807, 2.05) is 13.0 Å². The van der Waals surface area contributed by atoms with Crippen molar-refractivity contribution >= 4 is 11.9 Å². The third kappa shape index (κ3) is 3.02. The topological polar surface area (TPSA) is 61.1 Å². The first-order valence-corrected chi connectivity index (χ1v) is 8.65. The van der Waals surface area contributed by atoms with Crippen molar-refractivity contribution in [2.45, 2.75) is 19.9 Å². The summed E-state index contributed by atoms with van der Waals surface area (Å²) >= 11 is 0. The second-order valence-corrected chi connectivity index (χ2v) is 6.49. The minimum Gasteiger partial charge on any atom is -0.477 e. The molecule has 26 heavy (non-hydrogen) atoms. The second-order valence-electron chi connectivity index (χ2n) is 6.49. The van der Waals surface area contributed by atoms with Crippen LogP contribution in [0.1, 0.15) is 33.7 Å². The lowest BCUT2D eigenvalue weighted by Crippen LogP contribution is -2.33. The normalized spacial score (nSPS) is 17.8. The summed E-state index contributed by atoms with van der Waals surface area (Å²) in [6.07, 6.45) is 4.13. The molecule has 2 aliphatic heterocycles. The van der Waals surface area contributed by atoms with Crippen LogP contribution in [0.4, 0.5) is 0 Å². The van der Waals surface area contributed by atoms with Crippen molar-refractivity contribution in [1.29, 1.82) is 0 Å². The van der Waals surface area contributed by atoms with Gasteiger partial charge in [0.15, 0.2) is 5.76 Å². The van der Waals surface area contributed by atoms with Gasteiger partial charge in [0.1, 0.15) is 24.0 Å². The highest BCUT2D eigenvalue weighted by Gasteiger charge is 2.33. The lowest BCUT2D eigenvalue weighted by molar-refractivity contribution is 0.0826. The maximum Gasteiger partial charge on any atom is 0.232 e. The number of nitrogens with zero attached hydrogens (tertiary/aromatic N) is 1. The first-order valence-electron chi connectivity index (χ1n) is 8.65. The number of ether oxygens (including phenoxy) is 3. The number of benzene rings is 1. The Labute approximate surface area is 151 Å². The highest BCUT2D eigenvalue weighted by Crippen LogP contribution is 2.43. The van der Waals surface area contributed by atoms with Gasteiger partial charge < -0.3 is 18.6 Å². The van der Waals surface area contributed by atoms with Crippen molar-refractivity contribution in [1.82, 2.24) is 4.90 Å². The molecule has 0 spiro atoms. The lowest BCUT2D eigenvalue weighted by Gasteiger charge is -2.30. The fraction of sp³-hybridized carbons (Fsp3) is 0.350. The van der Waals surface area contributed by atoms with E-state index < -0.39 is 0 Å². The van der Waals surface area contributed by atoms with Crippen LogP contribution < -0.4 is 9.47 Å². The first kappa shape index (κ1) is 16.9. The molecule has 0 amide bonds. The minimum atomic E-state index is -0.126. The average molecular weight is 355 g/mol. The van der Waals surface area contributed by atoms with Gasteiger partial charge in [0.25, 0.3) is 0 Å². The Bertz CT molecular complexity index is 854. The quantitative estimate of drug-likeness (QED) is 0.605. The Balaban J connectivity index is 1.60. The van der Waals surface area contributed by atoms with Crippen LogP contribution in [0.2, 0.25) is 0 Å². The zero-order valence-electron chi connectivity index (χ0n) is 14.9. The van der Waals surface area contributed by atoms with E-state index in [1.54, 1.807) is 31.6 Å². The molecule has 0 unspecified atom stereocenters. The second kappa shape index (κ2) is 6.97. The molecule has 4 rings (SSSR count). The van der Waals surface area contributed by atoms with Gasteiger partial charge in [0.2, 0.25) is 5.78 Å². The van der Waals surface area contributed by atoms with Crippen LogP contribution in [0, 0.1) is 6.92 Å². The number of hydrogen-bond acceptors (Lipinski definition) is 6. The van der Waals surface area contributed by atoms with E-state index in [4.69, 9.17) is 18.6 Å². The molecule has 0 N–H and O–H groups in total. The molecule has 3 heterocycles. The molecule has 0 bridgehead atoms. The highest BCUT2D eigenvalue weighted by atomic mass is 16.5. The number of fused-ring (bicyclic) bond motifs is 2. The number of rotatable bonds is 5. The van der Waals surface area contributed by atoms with Crippen molar-refractivity contribution in [3.63, 3.8) is 0 Å². The number of allylic oxidation sites excluding steroid dienone is 1. The van der Waals surface area contributed by atoms with Gasteiger partial charge in [-0.15, -0.1) is 0 Å². The van der Waals surface area contributed by atoms with Gasteiger partial charge >= 0.3 is 0 Å². The van der Waals surface area contributed by atoms with Crippen LogP contribution in [0.5, 0.6) is 11.5 Å². The summed E-state index contributed by atoms with van der Waals surface area (Å²) < 4.78 is 22.2. The minimum absolute atomic E-state index is 0.126. The summed E-state index contributed by atoms with van der Waals surface area (Å²) in [4.78, 5) is 14.9. The number of Topliss-reactive ketones (excluding diaryl/α,β-unsaturated/α-hetero) is 1. The maximum absolute atomic E-state index is 12.7. The van der Waals surface area contributed by atoms with E-state index >= 15 is 0 Å². The summed E-state index contributed by atoms with van der Waals surface area (Å²) in [7, 11) is 1.70. The van der Waals surface area contributed by atoms with Gasteiger partial charge in [-0.3, -0.25) is 9.69 Å².